The second-order valence-electron chi connectivity index (χ2n) is 2.55. The van der Waals surface area contributed by atoms with E-state index < -0.39 is 12.0 Å². The van der Waals surface area contributed by atoms with Crippen LogP contribution in [-0.2, 0) is 9.53 Å². The highest BCUT2D eigenvalue weighted by Gasteiger charge is 2.05. The monoisotopic (exact) mass is 197 g/mol. The number of hydrogen-bond donors (Lipinski definition) is 1. The minimum absolute atomic E-state index is 0.0405. The molecule has 0 aromatic rings. The number of unbranched alkanes of at least 4 members (excludes halogenated alkanes) is 1. The van der Waals surface area contributed by atoms with Gasteiger partial charge in [-0.25, -0.2) is 4.79 Å². The van der Waals surface area contributed by atoms with Crippen molar-refractivity contribution >= 4 is 12.0 Å². The Kier molecular flexibility index (Phi) is 7.24. The Hall–Kier alpha value is -1.50. The van der Waals surface area contributed by atoms with E-state index in [1.54, 1.807) is 6.92 Å². The van der Waals surface area contributed by atoms with E-state index in [1.807, 2.05) is 6.92 Å². The number of amides is 2. The Morgan fingerprint density at radius 3 is 2.57 bits per heavy atom. The summed E-state index contributed by atoms with van der Waals surface area (Å²) in [5.41, 5.74) is 0. The molecule has 0 fully saturated rings. The zero-order chi connectivity index (χ0) is 10.8. The average Bonchev–Trinajstić information content (AvgIpc) is 2.13. The number of hydrogen-bond acceptors (Lipinski definition) is 3. The smallest absolute Gasteiger partial charge is 0.413 e. The summed E-state index contributed by atoms with van der Waals surface area (Å²) in [7, 11) is 0. The molecule has 4 heteroatoms. The first-order valence-corrected chi connectivity index (χ1v) is 4.63. The summed E-state index contributed by atoms with van der Waals surface area (Å²) < 4.78 is 4.52. The van der Waals surface area contributed by atoms with Crippen LogP contribution in [0.1, 0.15) is 33.1 Å². The van der Waals surface area contributed by atoms with Crippen LogP contribution in [0.2, 0.25) is 0 Å². The van der Waals surface area contributed by atoms with Crippen LogP contribution < -0.4 is 5.32 Å². The molecule has 4 nitrogen and oxygen atoms in total. The highest BCUT2D eigenvalue weighted by molar-refractivity contribution is 5.92. The number of carbonyl (C=O) groups excluding carboxylic acids is 2. The molecule has 0 heterocycles. The Morgan fingerprint density at radius 1 is 1.29 bits per heavy atom. The third-order valence-electron chi connectivity index (χ3n) is 1.27. The lowest BCUT2D eigenvalue weighted by Crippen LogP contribution is -2.30. The molecule has 0 aromatic heterocycles. The molecule has 0 bridgehead atoms. The minimum atomic E-state index is -0.713. The molecule has 2 amide bonds. The Bertz CT molecular complexity index is 250. The van der Waals surface area contributed by atoms with Crippen molar-refractivity contribution in [1.29, 1.82) is 0 Å². The number of imide groups is 1. The molecule has 0 rings (SSSR count). The van der Waals surface area contributed by atoms with E-state index in [-0.39, 0.29) is 13.0 Å². The molecule has 78 valence electrons. The van der Waals surface area contributed by atoms with Crippen molar-refractivity contribution in [2.45, 2.75) is 33.1 Å². The second-order valence-corrected chi connectivity index (χ2v) is 2.55. The molecular formula is C10H15NO3. The number of carbonyl (C=O) groups is 2. The molecule has 0 aliphatic heterocycles. The number of ether oxygens (including phenoxy) is 1. The van der Waals surface area contributed by atoms with Crippen LogP contribution in [0.4, 0.5) is 4.79 Å². The summed E-state index contributed by atoms with van der Waals surface area (Å²) in [4.78, 5) is 21.7. The molecule has 0 radical (unpaired) electrons. The van der Waals surface area contributed by atoms with Crippen molar-refractivity contribution in [2.75, 3.05) is 6.61 Å². The fourth-order valence-electron chi connectivity index (χ4n) is 0.681. The molecule has 0 atom stereocenters. The van der Waals surface area contributed by atoms with E-state index in [9.17, 15) is 9.59 Å². The summed E-state index contributed by atoms with van der Waals surface area (Å²) in [6, 6.07) is 0. The molecule has 0 saturated carbocycles. The lowest BCUT2D eigenvalue weighted by atomic mass is 10.3. The molecule has 1 N–H and O–H groups in total. The standard InChI is InChI=1S/C10H15NO3/c1-3-5-6-7-8-9(12)11-10(13)14-4-2/h3-5,8H2,1-2H3,(H,11,12,13). The SMILES string of the molecule is CCCC#CCC(=O)NC(=O)OCC. The van der Waals surface area contributed by atoms with Crippen LogP contribution in [0.25, 0.3) is 0 Å². The van der Waals surface area contributed by atoms with Gasteiger partial charge in [-0.1, -0.05) is 12.8 Å². The fourth-order valence-corrected chi connectivity index (χ4v) is 0.681. The maximum absolute atomic E-state index is 11.0. The average molecular weight is 197 g/mol. The van der Waals surface area contributed by atoms with Gasteiger partial charge in [0.15, 0.2) is 0 Å². The quantitative estimate of drug-likeness (QED) is 0.697. The van der Waals surface area contributed by atoms with Crippen molar-refractivity contribution in [3.63, 3.8) is 0 Å². The van der Waals surface area contributed by atoms with Crippen LogP contribution in [0, 0.1) is 11.8 Å². The molecule has 0 aliphatic rings. The van der Waals surface area contributed by atoms with Crippen LogP contribution in [0.5, 0.6) is 0 Å². The van der Waals surface area contributed by atoms with E-state index in [2.05, 4.69) is 21.9 Å². The van der Waals surface area contributed by atoms with Gasteiger partial charge in [-0.05, 0) is 13.3 Å². The number of nitrogens with one attached hydrogen (secondary N) is 1. The van der Waals surface area contributed by atoms with Gasteiger partial charge >= 0.3 is 6.09 Å². The van der Waals surface area contributed by atoms with E-state index in [0.717, 1.165) is 12.8 Å². The highest BCUT2D eigenvalue weighted by atomic mass is 16.5. The third-order valence-corrected chi connectivity index (χ3v) is 1.27. The zero-order valence-corrected chi connectivity index (χ0v) is 8.55. The Morgan fingerprint density at radius 2 is 2.00 bits per heavy atom. The molecular weight excluding hydrogens is 182 g/mol. The predicted octanol–water partition coefficient (Wildman–Crippen LogP) is 1.45. The van der Waals surface area contributed by atoms with Crippen LogP contribution in [-0.4, -0.2) is 18.6 Å². The largest absolute Gasteiger partial charge is 0.450 e. The second kappa shape index (κ2) is 8.11. The summed E-state index contributed by atoms with van der Waals surface area (Å²) >= 11 is 0. The van der Waals surface area contributed by atoms with Gasteiger partial charge in [-0.2, -0.15) is 0 Å². The highest BCUT2D eigenvalue weighted by Crippen LogP contribution is 1.84. The van der Waals surface area contributed by atoms with Gasteiger partial charge in [0, 0.05) is 6.42 Å². The molecule has 14 heavy (non-hydrogen) atoms. The molecule has 0 aliphatic carbocycles. The first kappa shape index (κ1) is 12.5. The van der Waals surface area contributed by atoms with E-state index in [4.69, 9.17) is 0 Å². The van der Waals surface area contributed by atoms with Gasteiger partial charge in [0.05, 0.1) is 13.0 Å². The summed E-state index contributed by atoms with van der Waals surface area (Å²) in [6.07, 6.45) is 1.06. The molecule has 0 aromatic carbocycles. The normalized spacial score (nSPS) is 8.43. The topological polar surface area (TPSA) is 55.4 Å². The van der Waals surface area contributed by atoms with Crippen molar-refractivity contribution < 1.29 is 14.3 Å². The van der Waals surface area contributed by atoms with Gasteiger partial charge in [0.2, 0.25) is 5.91 Å². The molecule has 0 spiro atoms. The van der Waals surface area contributed by atoms with E-state index >= 15 is 0 Å². The summed E-state index contributed by atoms with van der Waals surface area (Å²) in [5, 5.41) is 2.06. The van der Waals surface area contributed by atoms with Gasteiger partial charge in [0.25, 0.3) is 0 Å². The summed E-state index contributed by atoms with van der Waals surface area (Å²) in [5.74, 6) is 5.05. The third kappa shape index (κ3) is 7.17. The lowest BCUT2D eigenvalue weighted by Gasteiger charge is -2.00. The van der Waals surface area contributed by atoms with E-state index in [0.29, 0.717) is 0 Å². The zero-order valence-electron chi connectivity index (χ0n) is 8.55. The molecule has 0 unspecified atom stereocenters. The van der Waals surface area contributed by atoms with Gasteiger partial charge in [-0.3, -0.25) is 10.1 Å². The molecule has 0 saturated heterocycles. The maximum atomic E-state index is 11.0. The van der Waals surface area contributed by atoms with Crippen molar-refractivity contribution in [3.05, 3.63) is 0 Å². The predicted molar refractivity (Wildman–Crippen MR) is 52.5 cm³/mol. The van der Waals surface area contributed by atoms with Gasteiger partial charge < -0.3 is 4.74 Å². The Labute approximate surface area is 84.0 Å². The van der Waals surface area contributed by atoms with Gasteiger partial charge in [0.1, 0.15) is 0 Å². The first-order chi connectivity index (χ1) is 6.70. The van der Waals surface area contributed by atoms with Crippen LogP contribution >= 0.6 is 0 Å². The first-order valence-electron chi connectivity index (χ1n) is 4.63. The number of alkyl carbamates (subject to hydrolysis) is 1. The summed E-state index contributed by atoms with van der Waals surface area (Å²) in [6.45, 7) is 3.93. The van der Waals surface area contributed by atoms with Crippen molar-refractivity contribution in [3.8, 4) is 11.8 Å². The number of rotatable bonds is 3. The fraction of sp³-hybridized carbons (Fsp3) is 0.600. The lowest BCUT2D eigenvalue weighted by molar-refractivity contribution is -0.119. The Balaban J connectivity index is 3.66. The van der Waals surface area contributed by atoms with Crippen LogP contribution in [0.3, 0.4) is 0 Å². The van der Waals surface area contributed by atoms with E-state index in [1.165, 1.54) is 0 Å². The van der Waals surface area contributed by atoms with Crippen LogP contribution in [0.15, 0.2) is 0 Å². The minimum Gasteiger partial charge on any atom is -0.450 e. The van der Waals surface area contributed by atoms with Crippen molar-refractivity contribution in [1.82, 2.24) is 5.32 Å². The van der Waals surface area contributed by atoms with Gasteiger partial charge in [-0.15, -0.1) is 5.92 Å². The van der Waals surface area contributed by atoms with Crippen molar-refractivity contribution in [2.24, 2.45) is 0 Å². The maximum Gasteiger partial charge on any atom is 0.413 e.